The van der Waals surface area contributed by atoms with Crippen molar-refractivity contribution in [2.45, 2.75) is 4.21 Å². The van der Waals surface area contributed by atoms with Crippen LogP contribution in [0.5, 0.6) is 0 Å². The van der Waals surface area contributed by atoms with Crippen LogP contribution in [-0.2, 0) is 10.0 Å². The number of thiophene rings is 1. The van der Waals surface area contributed by atoms with Crippen LogP contribution in [0, 0.1) is 0 Å². The van der Waals surface area contributed by atoms with Crippen LogP contribution >= 0.6 is 43.2 Å². The number of halogens is 2. The summed E-state index contributed by atoms with van der Waals surface area (Å²) in [5.41, 5.74) is 0.600. The molecule has 24 heavy (non-hydrogen) atoms. The number of hydrogen-bond donors (Lipinski definition) is 0. The van der Waals surface area contributed by atoms with Gasteiger partial charge in [0.15, 0.2) is 0 Å². The molecule has 1 aromatic heterocycles. The zero-order valence-corrected chi connectivity index (χ0v) is 17.3. The summed E-state index contributed by atoms with van der Waals surface area (Å²) in [5.74, 6) is -0.0767. The van der Waals surface area contributed by atoms with Gasteiger partial charge < -0.3 is 4.90 Å². The Morgan fingerprint density at radius 2 is 1.75 bits per heavy atom. The van der Waals surface area contributed by atoms with Crippen LogP contribution < -0.4 is 0 Å². The van der Waals surface area contributed by atoms with E-state index < -0.39 is 10.0 Å². The van der Waals surface area contributed by atoms with Crippen molar-refractivity contribution in [3.63, 3.8) is 0 Å². The highest BCUT2D eigenvalue weighted by Gasteiger charge is 2.31. The summed E-state index contributed by atoms with van der Waals surface area (Å²) in [6, 6.07) is 10.5. The largest absolute Gasteiger partial charge is 0.336 e. The summed E-state index contributed by atoms with van der Waals surface area (Å²) >= 11 is 7.84. The summed E-state index contributed by atoms with van der Waals surface area (Å²) in [5, 5.41) is 0. The second-order valence-corrected chi connectivity index (χ2v) is 10.8. The molecule has 128 valence electrons. The maximum atomic E-state index is 12.6. The van der Waals surface area contributed by atoms with Gasteiger partial charge >= 0.3 is 0 Å². The van der Waals surface area contributed by atoms with Crippen molar-refractivity contribution in [1.29, 1.82) is 0 Å². The van der Waals surface area contributed by atoms with Gasteiger partial charge in [-0.25, -0.2) is 8.42 Å². The molecule has 2 aromatic rings. The molecule has 0 saturated carbocycles. The van der Waals surface area contributed by atoms with E-state index in [0.717, 1.165) is 8.26 Å². The highest BCUT2D eigenvalue weighted by molar-refractivity contribution is 9.11. The number of nitrogens with zero attached hydrogens (tertiary/aromatic N) is 2. The van der Waals surface area contributed by atoms with E-state index in [1.807, 2.05) is 12.1 Å². The van der Waals surface area contributed by atoms with E-state index >= 15 is 0 Å². The summed E-state index contributed by atoms with van der Waals surface area (Å²) in [6.45, 7) is 1.38. The van der Waals surface area contributed by atoms with E-state index in [2.05, 4.69) is 31.9 Å². The fraction of sp³-hybridized carbons (Fsp3) is 0.267. The van der Waals surface area contributed by atoms with Gasteiger partial charge in [0.1, 0.15) is 4.21 Å². The number of rotatable bonds is 3. The van der Waals surface area contributed by atoms with E-state index in [1.54, 1.807) is 29.2 Å². The third-order valence-electron chi connectivity index (χ3n) is 3.74. The van der Waals surface area contributed by atoms with Gasteiger partial charge in [-0.3, -0.25) is 4.79 Å². The first-order chi connectivity index (χ1) is 11.4. The summed E-state index contributed by atoms with van der Waals surface area (Å²) in [7, 11) is -3.49. The summed E-state index contributed by atoms with van der Waals surface area (Å²) < 4.78 is 28.6. The molecule has 1 aromatic carbocycles. The number of amides is 1. The molecule has 2 heterocycles. The minimum Gasteiger partial charge on any atom is -0.336 e. The molecule has 3 rings (SSSR count). The Bertz CT molecular complexity index is 859. The van der Waals surface area contributed by atoms with Crippen molar-refractivity contribution in [2.75, 3.05) is 26.2 Å². The monoisotopic (exact) mass is 492 g/mol. The highest BCUT2D eigenvalue weighted by Crippen LogP contribution is 2.29. The first kappa shape index (κ1) is 18.1. The number of hydrogen-bond acceptors (Lipinski definition) is 4. The van der Waals surface area contributed by atoms with Crippen molar-refractivity contribution in [1.82, 2.24) is 9.21 Å². The Morgan fingerprint density at radius 3 is 2.33 bits per heavy atom. The topological polar surface area (TPSA) is 57.7 Å². The van der Waals surface area contributed by atoms with Crippen molar-refractivity contribution < 1.29 is 13.2 Å². The molecule has 1 amide bonds. The molecule has 9 heteroatoms. The van der Waals surface area contributed by atoms with Gasteiger partial charge in [-0.15, -0.1) is 11.3 Å². The molecule has 1 saturated heterocycles. The van der Waals surface area contributed by atoms with E-state index in [9.17, 15) is 13.2 Å². The van der Waals surface area contributed by atoms with Gasteiger partial charge in [-0.2, -0.15) is 4.31 Å². The second-order valence-electron chi connectivity index (χ2n) is 5.27. The van der Waals surface area contributed by atoms with Crippen molar-refractivity contribution >= 4 is 59.1 Å². The van der Waals surface area contributed by atoms with Crippen LogP contribution in [0.2, 0.25) is 0 Å². The van der Waals surface area contributed by atoms with E-state index in [4.69, 9.17) is 0 Å². The standard InChI is InChI=1S/C15H14Br2N2O3S2/c16-12-3-1-2-11(10-12)15(20)18-6-8-19(9-7-18)24(21,22)14-5-4-13(17)23-14/h1-5,10H,6-9H2. The predicted molar refractivity (Wildman–Crippen MR) is 101 cm³/mol. The van der Waals surface area contributed by atoms with Gasteiger partial charge in [0.05, 0.1) is 3.79 Å². The minimum absolute atomic E-state index is 0.0767. The fourth-order valence-corrected chi connectivity index (χ4v) is 6.48. The summed E-state index contributed by atoms with van der Waals surface area (Å²) in [4.78, 5) is 14.2. The molecule has 1 fully saturated rings. The van der Waals surface area contributed by atoms with Crippen LogP contribution in [0.3, 0.4) is 0 Å². The molecule has 0 aliphatic carbocycles. The third-order valence-corrected chi connectivity index (χ3v) is 8.22. The molecule has 5 nitrogen and oxygen atoms in total. The van der Waals surface area contributed by atoms with Crippen LogP contribution in [0.1, 0.15) is 10.4 Å². The molecule has 0 bridgehead atoms. The lowest BCUT2D eigenvalue weighted by Gasteiger charge is -2.33. The normalized spacial score (nSPS) is 16.3. The SMILES string of the molecule is O=C(c1cccc(Br)c1)N1CCN(S(=O)(=O)c2ccc(Br)s2)CC1. The molecule has 0 atom stereocenters. The Hall–Kier alpha value is -0.740. The molecule has 0 unspecified atom stereocenters. The van der Waals surface area contributed by atoms with E-state index in [0.29, 0.717) is 36.0 Å². The first-order valence-electron chi connectivity index (χ1n) is 7.18. The zero-order valence-electron chi connectivity index (χ0n) is 12.5. The van der Waals surface area contributed by atoms with Gasteiger partial charge in [-0.05, 0) is 46.3 Å². The van der Waals surface area contributed by atoms with Gasteiger partial charge in [0, 0.05) is 36.2 Å². The quantitative estimate of drug-likeness (QED) is 0.658. The molecular weight excluding hydrogens is 480 g/mol. The Labute approximate surface area is 161 Å². The fourth-order valence-electron chi connectivity index (χ4n) is 2.50. The molecule has 0 spiro atoms. The zero-order chi connectivity index (χ0) is 17.3. The van der Waals surface area contributed by atoms with Crippen molar-refractivity contribution in [3.8, 4) is 0 Å². The smallest absolute Gasteiger partial charge is 0.253 e. The molecule has 0 N–H and O–H groups in total. The Balaban J connectivity index is 1.68. The van der Waals surface area contributed by atoms with Crippen LogP contribution in [0.15, 0.2) is 48.9 Å². The van der Waals surface area contributed by atoms with Gasteiger partial charge in [0.2, 0.25) is 0 Å². The summed E-state index contributed by atoms with van der Waals surface area (Å²) in [6.07, 6.45) is 0. The molecular formula is C15H14Br2N2O3S2. The number of carbonyl (C=O) groups is 1. The number of piperazine rings is 1. The molecule has 0 radical (unpaired) electrons. The van der Waals surface area contributed by atoms with E-state index in [-0.39, 0.29) is 5.91 Å². The highest BCUT2D eigenvalue weighted by atomic mass is 79.9. The van der Waals surface area contributed by atoms with Crippen molar-refractivity contribution in [2.24, 2.45) is 0 Å². The number of sulfonamides is 1. The molecule has 1 aliphatic rings. The van der Waals surface area contributed by atoms with Gasteiger partial charge in [0.25, 0.3) is 15.9 Å². The average molecular weight is 494 g/mol. The van der Waals surface area contributed by atoms with Crippen molar-refractivity contribution in [3.05, 3.63) is 50.2 Å². The molecule has 1 aliphatic heterocycles. The Morgan fingerprint density at radius 1 is 1.04 bits per heavy atom. The average Bonchev–Trinajstić information content (AvgIpc) is 3.01. The van der Waals surface area contributed by atoms with E-state index in [1.165, 1.54) is 15.6 Å². The number of benzene rings is 1. The third kappa shape index (κ3) is 3.75. The minimum atomic E-state index is -3.49. The first-order valence-corrected chi connectivity index (χ1v) is 11.0. The lowest BCUT2D eigenvalue weighted by Crippen LogP contribution is -2.50. The van der Waals surface area contributed by atoms with Crippen LogP contribution in [0.25, 0.3) is 0 Å². The van der Waals surface area contributed by atoms with Crippen LogP contribution in [-0.4, -0.2) is 49.7 Å². The second kappa shape index (κ2) is 7.25. The lowest BCUT2D eigenvalue weighted by molar-refractivity contribution is 0.0698. The Kier molecular flexibility index (Phi) is 5.45. The van der Waals surface area contributed by atoms with Crippen LogP contribution in [0.4, 0.5) is 0 Å². The van der Waals surface area contributed by atoms with Gasteiger partial charge in [-0.1, -0.05) is 22.0 Å². The predicted octanol–water partition coefficient (Wildman–Crippen LogP) is 3.42. The maximum Gasteiger partial charge on any atom is 0.253 e. The number of carbonyl (C=O) groups excluding carboxylic acids is 1. The lowest BCUT2D eigenvalue weighted by atomic mass is 10.2. The maximum absolute atomic E-state index is 12.6.